The standard InChI is InChI=1S/C17H28N4OS/c18-15(19-11-12-7-3-1-4-8-12)14-16(22)21-23-17(14)20-13-9-5-2-6-10-13/h12-13,20H,1-11H2,(H2,18,19)(H,21,22). The number of nitrogens with one attached hydrogen (secondary N) is 3. The molecule has 2 fully saturated rings. The van der Waals surface area contributed by atoms with Crippen LogP contribution < -0.4 is 10.6 Å². The van der Waals surface area contributed by atoms with E-state index in [1.165, 1.54) is 75.7 Å². The summed E-state index contributed by atoms with van der Waals surface area (Å²) in [7, 11) is 0. The fourth-order valence-corrected chi connectivity index (χ4v) is 4.54. The Labute approximate surface area is 142 Å². The lowest BCUT2D eigenvalue weighted by atomic mass is 9.89. The van der Waals surface area contributed by atoms with Gasteiger partial charge in [0.1, 0.15) is 16.4 Å². The first-order valence-electron chi connectivity index (χ1n) is 9.02. The van der Waals surface area contributed by atoms with E-state index >= 15 is 0 Å². The minimum Gasteiger partial charge on any atom is -0.492 e. The molecule has 2 aliphatic carbocycles. The molecule has 2 saturated carbocycles. The predicted octanol–water partition coefficient (Wildman–Crippen LogP) is 4.09. The molecule has 3 rings (SSSR count). The number of hydrogen-bond acceptors (Lipinski definition) is 5. The van der Waals surface area contributed by atoms with Crippen molar-refractivity contribution in [2.24, 2.45) is 5.92 Å². The maximum Gasteiger partial charge on any atom is 0.236 e. The summed E-state index contributed by atoms with van der Waals surface area (Å²) in [6.07, 6.45) is 12.6. The smallest absolute Gasteiger partial charge is 0.236 e. The van der Waals surface area contributed by atoms with Gasteiger partial charge in [0.15, 0.2) is 0 Å². The molecule has 128 valence electrons. The molecular weight excluding hydrogens is 308 g/mol. The molecular formula is C17H28N4OS. The van der Waals surface area contributed by atoms with Gasteiger partial charge in [-0.2, -0.15) is 4.37 Å². The Balaban J connectivity index is 1.59. The quantitative estimate of drug-likeness (QED) is 0.482. The fraction of sp³-hybridized carbons (Fsp3) is 0.765. The average Bonchev–Trinajstić information content (AvgIpc) is 2.95. The highest BCUT2D eigenvalue weighted by Crippen LogP contribution is 2.32. The highest BCUT2D eigenvalue weighted by atomic mass is 32.1. The second kappa shape index (κ2) is 7.99. The van der Waals surface area contributed by atoms with Crippen LogP contribution in [0.2, 0.25) is 0 Å². The number of aromatic nitrogens is 1. The molecule has 6 heteroatoms. The predicted molar refractivity (Wildman–Crippen MR) is 95.7 cm³/mol. The molecule has 1 heterocycles. The van der Waals surface area contributed by atoms with Crippen LogP contribution in [0.5, 0.6) is 5.88 Å². The third kappa shape index (κ3) is 4.37. The van der Waals surface area contributed by atoms with E-state index in [1.54, 1.807) is 0 Å². The second-order valence-corrected chi connectivity index (χ2v) is 7.72. The van der Waals surface area contributed by atoms with Gasteiger partial charge < -0.3 is 15.7 Å². The third-order valence-electron chi connectivity index (χ3n) is 5.16. The molecule has 4 N–H and O–H groups in total. The molecule has 0 radical (unpaired) electrons. The van der Waals surface area contributed by atoms with Gasteiger partial charge in [-0.1, -0.05) is 38.5 Å². The third-order valence-corrected chi connectivity index (χ3v) is 5.93. The summed E-state index contributed by atoms with van der Waals surface area (Å²) in [6, 6.07) is 0.452. The van der Waals surface area contributed by atoms with Crippen LogP contribution in [0.15, 0.2) is 0 Å². The summed E-state index contributed by atoms with van der Waals surface area (Å²) in [4.78, 5) is 0. The summed E-state index contributed by atoms with van der Waals surface area (Å²) < 4.78 is 4.05. The van der Waals surface area contributed by atoms with Crippen molar-refractivity contribution >= 4 is 22.4 Å². The summed E-state index contributed by atoms with van der Waals surface area (Å²) >= 11 is 1.27. The largest absolute Gasteiger partial charge is 0.492 e. The lowest BCUT2D eigenvalue weighted by Crippen LogP contribution is -2.31. The molecule has 0 saturated heterocycles. The van der Waals surface area contributed by atoms with Crippen molar-refractivity contribution in [3.05, 3.63) is 5.56 Å². The van der Waals surface area contributed by atoms with Crippen molar-refractivity contribution < 1.29 is 5.11 Å². The highest BCUT2D eigenvalue weighted by Gasteiger charge is 2.22. The van der Waals surface area contributed by atoms with Crippen LogP contribution in [0, 0.1) is 11.3 Å². The first-order valence-corrected chi connectivity index (χ1v) is 9.79. The number of aromatic hydroxyl groups is 1. The Morgan fingerprint density at radius 2 is 1.74 bits per heavy atom. The molecule has 23 heavy (non-hydrogen) atoms. The van der Waals surface area contributed by atoms with Crippen LogP contribution in [0.25, 0.3) is 0 Å². The Morgan fingerprint density at radius 3 is 2.43 bits per heavy atom. The molecule has 0 unspecified atom stereocenters. The molecule has 0 bridgehead atoms. The number of nitrogens with zero attached hydrogens (tertiary/aromatic N) is 1. The summed E-state index contributed by atoms with van der Waals surface area (Å²) in [5, 5.41) is 25.9. The summed E-state index contributed by atoms with van der Waals surface area (Å²) in [6.45, 7) is 0.830. The van der Waals surface area contributed by atoms with Crippen LogP contribution in [0.4, 0.5) is 5.00 Å². The minimum absolute atomic E-state index is 0.0190. The van der Waals surface area contributed by atoms with Gasteiger partial charge in [0.05, 0.1) is 0 Å². The van der Waals surface area contributed by atoms with Gasteiger partial charge in [-0.05, 0) is 43.1 Å². The van der Waals surface area contributed by atoms with Crippen molar-refractivity contribution in [1.29, 1.82) is 5.41 Å². The Morgan fingerprint density at radius 1 is 1.09 bits per heavy atom. The molecule has 2 aliphatic rings. The number of anilines is 1. The zero-order valence-corrected chi connectivity index (χ0v) is 14.6. The van der Waals surface area contributed by atoms with Gasteiger partial charge in [-0.3, -0.25) is 5.41 Å². The zero-order chi connectivity index (χ0) is 16.1. The van der Waals surface area contributed by atoms with Gasteiger partial charge >= 0.3 is 0 Å². The average molecular weight is 337 g/mol. The van der Waals surface area contributed by atoms with Gasteiger partial charge in [0, 0.05) is 12.6 Å². The van der Waals surface area contributed by atoms with E-state index in [0.717, 1.165) is 11.5 Å². The van der Waals surface area contributed by atoms with Crippen molar-refractivity contribution in [1.82, 2.24) is 9.69 Å². The highest BCUT2D eigenvalue weighted by molar-refractivity contribution is 7.10. The molecule has 0 amide bonds. The Bertz CT molecular complexity index is 519. The van der Waals surface area contributed by atoms with Crippen molar-refractivity contribution in [2.45, 2.75) is 70.3 Å². The number of rotatable bonds is 5. The second-order valence-electron chi connectivity index (χ2n) is 6.95. The topological polar surface area (TPSA) is 81.0 Å². The number of amidine groups is 1. The molecule has 1 aromatic rings. The van der Waals surface area contributed by atoms with Gasteiger partial charge in [-0.25, -0.2) is 0 Å². The van der Waals surface area contributed by atoms with E-state index in [-0.39, 0.29) is 5.88 Å². The minimum atomic E-state index is -0.0190. The maximum absolute atomic E-state index is 10.0. The van der Waals surface area contributed by atoms with E-state index in [4.69, 9.17) is 5.41 Å². The molecule has 0 aliphatic heterocycles. The molecule has 0 atom stereocenters. The van der Waals surface area contributed by atoms with Crippen LogP contribution >= 0.6 is 11.5 Å². The van der Waals surface area contributed by atoms with Crippen LogP contribution in [0.3, 0.4) is 0 Å². The van der Waals surface area contributed by atoms with E-state index in [1.807, 2.05) is 0 Å². The van der Waals surface area contributed by atoms with E-state index in [0.29, 0.717) is 23.4 Å². The monoisotopic (exact) mass is 336 g/mol. The van der Waals surface area contributed by atoms with Crippen molar-refractivity contribution in [3.63, 3.8) is 0 Å². The normalized spacial score (nSPS) is 20.3. The van der Waals surface area contributed by atoms with E-state index < -0.39 is 0 Å². The lowest BCUT2D eigenvalue weighted by molar-refractivity contribution is 0.356. The summed E-state index contributed by atoms with van der Waals surface area (Å²) in [5.74, 6) is 0.946. The summed E-state index contributed by atoms with van der Waals surface area (Å²) in [5.41, 5.74) is 0.552. The Hall–Kier alpha value is -1.30. The number of hydrogen-bond donors (Lipinski definition) is 4. The zero-order valence-electron chi connectivity index (χ0n) is 13.7. The fourth-order valence-electron chi connectivity index (χ4n) is 3.76. The van der Waals surface area contributed by atoms with Crippen LogP contribution in [-0.2, 0) is 0 Å². The molecule has 0 aromatic carbocycles. The van der Waals surface area contributed by atoms with Crippen LogP contribution in [-0.4, -0.2) is 27.9 Å². The Kier molecular flexibility index (Phi) is 5.75. The first-order chi connectivity index (χ1) is 11.2. The SMILES string of the molecule is N=C(NCC1CCCCC1)c1c(O)nsc1NC1CCCCC1. The molecule has 1 aromatic heterocycles. The van der Waals surface area contributed by atoms with E-state index in [2.05, 4.69) is 15.0 Å². The first kappa shape index (κ1) is 16.6. The maximum atomic E-state index is 10.0. The molecule has 5 nitrogen and oxygen atoms in total. The van der Waals surface area contributed by atoms with Crippen molar-refractivity contribution in [2.75, 3.05) is 11.9 Å². The molecule has 0 spiro atoms. The van der Waals surface area contributed by atoms with Crippen molar-refractivity contribution in [3.8, 4) is 5.88 Å². The van der Waals surface area contributed by atoms with Gasteiger partial charge in [0.2, 0.25) is 5.88 Å². The lowest BCUT2D eigenvalue weighted by Gasteiger charge is -2.24. The van der Waals surface area contributed by atoms with Gasteiger partial charge in [-0.15, -0.1) is 0 Å². The van der Waals surface area contributed by atoms with Gasteiger partial charge in [0.25, 0.3) is 0 Å². The van der Waals surface area contributed by atoms with Crippen LogP contribution in [0.1, 0.15) is 69.8 Å². The van der Waals surface area contributed by atoms with E-state index in [9.17, 15) is 5.11 Å².